The van der Waals surface area contributed by atoms with Gasteiger partial charge in [0.05, 0.1) is 11.3 Å². The molecule has 0 aliphatic heterocycles. The van der Waals surface area contributed by atoms with E-state index in [0.29, 0.717) is 16.1 Å². The molecule has 5 nitrogen and oxygen atoms in total. The van der Waals surface area contributed by atoms with Gasteiger partial charge in [0.25, 0.3) is 5.56 Å². The quantitative estimate of drug-likeness (QED) is 0.700. The molecule has 0 amide bonds. The molecule has 0 atom stereocenters. The number of nitrogens with one attached hydrogen (secondary N) is 2. The van der Waals surface area contributed by atoms with Crippen LogP contribution in [-0.2, 0) is 22.3 Å². The topological polar surface area (TPSA) is 79.0 Å². The summed E-state index contributed by atoms with van der Waals surface area (Å²) in [6.07, 6.45) is 0. The average Bonchev–Trinajstić information content (AvgIpc) is 2.59. The lowest BCUT2D eigenvalue weighted by atomic mass is 10.0. The van der Waals surface area contributed by atoms with E-state index in [1.165, 1.54) is 0 Å². The second-order valence-electron chi connectivity index (χ2n) is 6.30. The van der Waals surface area contributed by atoms with Gasteiger partial charge in [-0.25, -0.2) is 13.1 Å². The Labute approximate surface area is 157 Å². The fourth-order valence-corrected chi connectivity index (χ4v) is 3.97. The van der Waals surface area contributed by atoms with Crippen molar-refractivity contribution >= 4 is 32.5 Å². The summed E-state index contributed by atoms with van der Waals surface area (Å²) in [6, 6.07) is 12.2. The predicted octanol–water partition coefficient (Wildman–Crippen LogP) is 3.42. The molecule has 1 aromatic heterocycles. The van der Waals surface area contributed by atoms with Crippen LogP contribution in [0.2, 0.25) is 5.02 Å². The number of fused-ring (bicyclic) bond motifs is 1. The minimum atomic E-state index is -3.58. The van der Waals surface area contributed by atoms with Crippen LogP contribution in [0.15, 0.2) is 47.3 Å². The number of hydrogen-bond donors (Lipinski definition) is 2. The number of H-pyrrole nitrogens is 1. The third-order valence-electron chi connectivity index (χ3n) is 4.38. The van der Waals surface area contributed by atoms with Crippen molar-refractivity contribution in [1.29, 1.82) is 0 Å². The van der Waals surface area contributed by atoms with E-state index in [4.69, 9.17) is 11.6 Å². The van der Waals surface area contributed by atoms with Crippen LogP contribution in [0, 0.1) is 13.8 Å². The van der Waals surface area contributed by atoms with Crippen molar-refractivity contribution in [2.24, 2.45) is 0 Å². The first-order chi connectivity index (χ1) is 12.2. The molecule has 1 heterocycles. The Morgan fingerprint density at radius 1 is 1.08 bits per heavy atom. The summed E-state index contributed by atoms with van der Waals surface area (Å²) in [5.41, 5.74) is 3.59. The Morgan fingerprint density at radius 3 is 2.46 bits per heavy atom. The van der Waals surface area contributed by atoms with Crippen LogP contribution in [0.5, 0.6) is 0 Å². The van der Waals surface area contributed by atoms with Crippen molar-refractivity contribution in [3.63, 3.8) is 0 Å². The Bertz CT molecular complexity index is 1120. The van der Waals surface area contributed by atoms with Crippen LogP contribution >= 0.6 is 11.6 Å². The van der Waals surface area contributed by atoms with Crippen molar-refractivity contribution in [2.75, 3.05) is 0 Å². The largest absolute Gasteiger partial charge is 0.321 e. The molecule has 3 aromatic rings. The van der Waals surface area contributed by atoms with Crippen LogP contribution in [0.3, 0.4) is 0 Å². The summed E-state index contributed by atoms with van der Waals surface area (Å²) in [6.45, 7) is 3.86. The Morgan fingerprint density at radius 2 is 1.77 bits per heavy atom. The minimum Gasteiger partial charge on any atom is -0.321 e. The van der Waals surface area contributed by atoms with E-state index in [-0.39, 0.29) is 17.9 Å². The number of rotatable bonds is 5. The van der Waals surface area contributed by atoms with Gasteiger partial charge in [-0.15, -0.1) is 0 Å². The molecule has 2 N–H and O–H groups in total. The lowest BCUT2D eigenvalue weighted by Gasteiger charge is -2.09. The van der Waals surface area contributed by atoms with Crippen LogP contribution in [0.25, 0.3) is 10.9 Å². The standard InChI is InChI=1S/C19H19ClN2O3S/c1-12-3-6-15-9-16(19(23)22-18(15)13(12)2)10-21-26(24,25)11-14-4-7-17(20)8-5-14/h3-9,21H,10-11H2,1-2H3,(H,22,23). The summed E-state index contributed by atoms with van der Waals surface area (Å²) in [5, 5.41) is 1.42. The Balaban J connectivity index is 1.80. The first kappa shape index (κ1) is 18.6. The maximum absolute atomic E-state index is 12.3. The summed E-state index contributed by atoms with van der Waals surface area (Å²) in [7, 11) is -3.58. The fourth-order valence-electron chi connectivity index (χ4n) is 2.74. The van der Waals surface area contributed by atoms with Crippen molar-refractivity contribution in [3.05, 3.63) is 80.1 Å². The van der Waals surface area contributed by atoms with Gasteiger partial charge in [-0.2, -0.15) is 0 Å². The number of pyridine rings is 1. The maximum Gasteiger partial charge on any atom is 0.252 e. The highest BCUT2D eigenvalue weighted by Gasteiger charge is 2.13. The monoisotopic (exact) mass is 390 g/mol. The summed E-state index contributed by atoms with van der Waals surface area (Å²) < 4.78 is 27.0. The van der Waals surface area contributed by atoms with Gasteiger partial charge >= 0.3 is 0 Å². The highest BCUT2D eigenvalue weighted by Crippen LogP contribution is 2.19. The molecule has 3 rings (SSSR count). The zero-order chi connectivity index (χ0) is 18.9. The number of aromatic amines is 1. The minimum absolute atomic E-state index is 0.0614. The van der Waals surface area contributed by atoms with Crippen LogP contribution in [0.4, 0.5) is 0 Å². The molecule has 7 heteroatoms. The van der Waals surface area contributed by atoms with Crippen molar-refractivity contribution in [2.45, 2.75) is 26.1 Å². The molecule has 26 heavy (non-hydrogen) atoms. The normalized spacial score (nSPS) is 11.8. The molecule has 0 fully saturated rings. The number of aromatic nitrogens is 1. The number of benzene rings is 2. The van der Waals surface area contributed by atoms with Crippen LogP contribution in [-0.4, -0.2) is 13.4 Å². The van der Waals surface area contributed by atoms with E-state index in [0.717, 1.165) is 22.0 Å². The second-order valence-corrected chi connectivity index (χ2v) is 8.55. The average molecular weight is 391 g/mol. The second kappa shape index (κ2) is 7.23. The summed E-state index contributed by atoms with van der Waals surface area (Å²) >= 11 is 5.81. The van der Waals surface area contributed by atoms with Gasteiger partial charge in [-0.3, -0.25) is 4.79 Å². The first-order valence-electron chi connectivity index (χ1n) is 8.09. The van der Waals surface area contributed by atoms with Crippen molar-refractivity contribution in [3.8, 4) is 0 Å². The van der Waals surface area contributed by atoms with Gasteiger partial charge in [0.2, 0.25) is 10.0 Å². The molecular weight excluding hydrogens is 372 g/mol. The van der Waals surface area contributed by atoms with E-state index in [9.17, 15) is 13.2 Å². The highest BCUT2D eigenvalue weighted by atomic mass is 35.5. The van der Waals surface area contributed by atoms with Gasteiger partial charge in [-0.1, -0.05) is 35.9 Å². The van der Waals surface area contributed by atoms with Crippen LogP contribution < -0.4 is 10.3 Å². The van der Waals surface area contributed by atoms with Gasteiger partial charge in [-0.05, 0) is 54.1 Å². The maximum atomic E-state index is 12.3. The molecular formula is C19H19ClN2O3S. The molecule has 0 saturated carbocycles. The summed E-state index contributed by atoms with van der Waals surface area (Å²) in [4.78, 5) is 15.2. The third kappa shape index (κ3) is 4.15. The number of hydrogen-bond acceptors (Lipinski definition) is 3. The van der Waals surface area contributed by atoms with E-state index in [1.54, 1.807) is 30.3 Å². The van der Waals surface area contributed by atoms with Gasteiger partial charge in [0.1, 0.15) is 0 Å². The number of sulfonamides is 1. The third-order valence-corrected chi connectivity index (χ3v) is 5.93. The molecule has 136 valence electrons. The zero-order valence-corrected chi connectivity index (χ0v) is 16.0. The van der Waals surface area contributed by atoms with E-state index in [1.807, 2.05) is 26.0 Å². The SMILES string of the molecule is Cc1ccc2cc(CNS(=O)(=O)Cc3ccc(Cl)cc3)c(=O)[nH]c2c1C. The molecule has 0 unspecified atom stereocenters. The number of halogens is 1. The Hall–Kier alpha value is -2.15. The molecule has 0 bridgehead atoms. The number of aryl methyl sites for hydroxylation is 2. The molecule has 0 radical (unpaired) electrons. The van der Waals surface area contributed by atoms with Crippen molar-refractivity contribution < 1.29 is 8.42 Å². The van der Waals surface area contributed by atoms with E-state index >= 15 is 0 Å². The molecule has 0 saturated heterocycles. The summed E-state index contributed by atoms with van der Waals surface area (Å²) in [5.74, 6) is -0.173. The first-order valence-corrected chi connectivity index (χ1v) is 10.1. The Kier molecular flexibility index (Phi) is 5.18. The van der Waals surface area contributed by atoms with E-state index < -0.39 is 10.0 Å². The predicted molar refractivity (Wildman–Crippen MR) is 105 cm³/mol. The van der Waals surface area contributed by atoms with E-state index in [2.05, 4.69) is 9.71 Å². The highest BCUT2D eigenvalue weighted by molar-refractivity contribution is 7.88. The molecule has 0 spiro atoms. The lowest BCUT2D eigenvalue weighted by Crippen LogP contribution is -2.28. The van der Waals surface area contributed by atoms with Gasteiger partial charge in [0, 0.05) is 17.1 Å². The molecule has 0 aliphatic rings. The lowest BCUT2D eigenvalue weighted by molar-refractivity contribution is 0.580. The van der Waals surface area contributed by atoms with Crippen molar-refractivity contribution in [1.82, 2.24) is 9.71 Å². The molecule has 0 aliphatic carbocycles. The van der Waals surface area contributed by atoms with Crippen LogP contribution in [0.1, 0.15) is 22.3 Å². The smallest absolute Gasteiger partial charge is 0.252 e. The fraction of sp³-hybridized carbons (Fsp3) is 0.211. The van der Waals surface area contributed by atoms with Gasteiger partial charge < -0.3 is 4.98 Å². The van der Waals surface area contributed by atoms with Gasteiger partial charge in [0.15, 0.2) is 0 Å². The molecule has 2 aromatic carbocycles. The zero-order valence-electron chi connectivity index (χ0n) is 14.5.